The van der Waals surface area contributed by atoms with Crippen LogP contribution in [0.5, 0.6) is 0 Å². The molecule has 2 heterocycles. The van der Waals surface area contributed by atoms with Gasteiger partial charge in [0.2, 0.25) is 0 Å². The molecule has 0 spiro atoms. The molecule has 4 N–H and O–H groups in total. The van der Waals surface area contributed by atoms with Crippen LogP contribution in [0.15, 0.2) is 27.9 Å². The van der Waals surface area contributed by atoms with Gasteiger partial charge in [-0.05, 0) is 26.0 Å². The molecule has 9 heteroatoms. The number of nitrogen functional groups attached to an aromatic ring is 1. The van der Waals surface area contributed by atoms with Crippen molar-refractivity contribution in [2.24, 2.45) is 5.84 Å². The van der Waals surface area contributed by atoms with E-state index in [1.165, 1.54) is 12.3 Å². The molecule has 2 aromatic heterocycles. The van der Waals surface area contributed by atoms with Gasteiger partial charge < -0.3 is 9.95 Å². The molecule has 0 unspecified atom stereocenters. The Kier molecular flexibility index (Phi) is 4.02. The first kappa shape index (κ1) is 14.4. The van der Waals surface area contributed by atoms with Gasteiger partial charge in [0.15, 0.2) is 5.03 Å². The fraction of sp³-hybridized carbons (Fsp3) is 0.273. The number of anilines is 1. The highest BCUT2D eigenvalue weighted by Crippen LogP contribution is 2.18. The number of hydrogen-bond acceptors (Lipinski definition) is 7. The van der Waals surface area contributed by atoms with Crippen LogP contribution in [-0.2, 0) is 16.6 Å². The molecule has 0 saturated heterocycles. The molecule has 0 saturated carbocycles. The van der Waals surface area contributed by atoms with E-state index in [0.29, 0.717) is 17.0 Å². The molecule has 0 aromatic carbocycles. The van der Waals surface area contributed by atoms with E-state index in [1.807, 2.05) is 0 Å². The predicted octanol–water partition coefficient (Wildman–Crippen LogP) is 0.451. The molecule has 108 valence electrons. The molecule has 0 amide bonds. The monoisotopic (exact) mass is 297 g/mol. The van der Waals surface area contributed by atoms with Crippen LogP contribution in [0.2, 0.25) is 0 Å². The Morgan fingerprint density at radius 1 is 1.40 bits per heavy atom. The first-order chi connectivity index (χ1) is 9.45. The van der Waals surface area contributed by atoms with E-state index in [-0.39, 0.29) is 17.3 Å². The third-order valence-corrected chi connectivity index (χ3v) is 4.16. The van der Waals surface area contributed by atoms with Crippen molar-refractivity contribution in [3.8, 4) is 0 Å². The molecular formula is C11H15N5O3S. The van der Waals surface area contributed by atoms with Gasteiger partial charge in [0.05, 0.1) is 11.4 Å². The molecular weight excluding hydrogens is 282 g/mol. The van der Waals surface area contributed by atoms with Crippen molar-refractivity contribution in [1.82, 2.24) is 14.9 Å². The van der Waals surface area contributed by atoms with E-state index < -0.39 is 10.0 Å². The van der Waals surface area contributed by atoms with Gasteiger partial charge in [0.1, 0.15) is 5.76 Å². The van der Waals surface area contributed by atoms with Crippen molar-refractivity contribution < 1.29 is 12.9 Å². The molecule has 20 heavy (non-hydrogen) atoms. The summed E-state index contributed by atoms with van der Waals surface area (Å²) in [6.07, 6.45) is 1.38. The summed E-state index contributed by atoms with van der Waals surface area (Å²) in [5, 5.41) is 3.61. The summed E-state index contributed by atoms with van der Waals surface area (Å²) in [6, 6.07) is 3.11. The Labute approximate surface area is 116 Å². The van der Waals surface area contributed by atoms with E-state index in [1.54, 1.807) is 19.9 Å². The van der Waals surface area contributed by atoms with E-state index in [4.69, 9.17) is 10.4 Å². The maximum Gasteiger partial charge on any atom is 0.260 e. The second-order valence-electron chi connectivity index (χ2n) is 4.13. The van der Waals surface area contributed by atoms with Gasteiger partial charge >= 0.3 is 0 Å². The van der Waals surface area contributed by atoms with Gasteiger partial charge in [-0.15, -0.1) is 0 Å². The summed E-state index contributed by atoms with van der Waals surface area (Å²) in [6.45, 7) is 3.54. The summed E-state index contributed by atoms with van der Waals surface area (Å²) in [4.78, 5) is 3.83. The highest BCUT2D eigenvalue weighted by atomic mass is 32.2. The SMILES string of the molecule is Cc1noc(C)c1CNS(=O)(=O)c1ncccc1NN. The Morgan fingerprint density at radius 3 is 2.75 bits per heavy atom. The molecule has 0 fully saturated rings. The second kappa shape index (κ2) is 5.57. The molecule has 2 rings (SSSR count). The zero-order valence-corrected chi connectivity index (χ0v) is 11.9. The average molecular weight is 297 g/mol. The quantitative estimate of drug-likeness (QED) is 0.540. The maximum atomic E-state index is 12.2. The van der Waals surface area contributed by atoms with Crippen molar-refractivity contribution in [3.63, 3.8) is 0 Å². The molecule has 0 atom stereocenters. The zero-order chi connectivity index (χ0) is 14.8. The lowest BCUT2D eigenvalue weighted by Gasteiger charge is -2.09. The highest BCUT2D eigenvalue weighted by molar-refractivity contribution is 7.89. The van der Waals surface area contributed by atoms with E-state index in [0.717, 1.165) is 0 Å². The third-order valence-electron chi connectivity index (χ3n) is 2.80. The summed E-state index contributed by atoms with van der Waals surface area (Å²) in [7, 11) is -3.79. The number of pyridine rings is 1. The molecule has 0 aliphatic carbocycles. The lowest BCUT2D eigenvalue weighted by molar-refractivity contribution is 0.392. The summed E-state index contributed by atoms with van der Waals surface area (Å²) >= 11 is 0. The molecule has 2 aromatic rings. The zero-order valence-electron chi connectivity index (χ0n) is 11.0. The topological polar surface area (TPSA) is 123 Å². The normalized spacial score (nSPS) is 11.6. The van der Waals surface area contributed by atoms with Crippen LogP contribution in [0.4, 0.5) is 5.69 Å². The number of hydrazine groups is 1. The van der Waals surface area contributed by atoms with Gasteiger partial charge in [-0.25, -0.2) is 18.1 Å². The minimum Gasteiger partial charge on any atom is -0.361 e. The molecule has 0 aliphatic rings. The Morgan fingerprint density at radius 2 is 2.15 bits per heavy atom. The van der Waals surface area contributed by atoms with Crippen molar-refractivity contribution >= 4 is 15.7 Å². The van der Waals surface area contributed by atoms with Crippen molar-refractivity contribution in [1.29, 1.82) is 0 Å². The number of aryl methyl sites for hydroxylation is 2. The minimum atomic E-state index is -3.79. The van der Waals surface area contributed by atoms with Crippen LogP contribution in [0.3, 0.4) is 0 Å². The fourth-order valence-corrected chi connectivity index (χ4v) is 2.79. The fourth-order valence-electron chi connectivity index (χ4n) is 1.70. The predicted molar refractivity (Wildman–Crippen MR) is 72.0 cm³/mol. The number of nitrogens with zero attached hydrogens (tertiary/aromatic N) is 2. The number of sulfonamides is 1. The Bertz CT molecular complexity index is 691. The van der Waals surface area contributed by atoms with Crippen molar-refractivity contribution in [2.45, 2.75) is 25.4 Å². The van der Waals surface area contributed by atoms with Crippen molar-refractivity contribution in [3.05, 3.63) is 35.3 Å². The van der Waals surface area contributed by atoms with Crippen LogP contribution in [0.25, 0.3) is 0 Å². The van der Waals surface area contributed by atoms with Gasteiger partial charge in [0.25, 0.3) is 10.0 Å². The summed E-state index contributed by atoms with van der Waals surface area (Å²) in [5.74, 6) is 5.85. The van der Waals surface area contributed by atoms with Gasteiger partial charge in [0, 0.05) is 18.3 Å². The van der Waals surface area contributed by atoms with Crippen LogP contribution in [-0.4, -0.2) is 18.6 Å². The molecule has 8 nitrogen and oxygen atoms in total. The number of nitrogens with two attached hydrogens (primary N) is 1. The maximum absolute atomic E-state index is 12.2. The lowest BCUT2D eigenvalue weighted by atomic mass is 10.2. The number of aromatic nitrogens is 2. The van der Waals surface area contributed by atoms with Crippen LogP contribution >= 0.6 is 0 Å². The van der Waals surface area contributed by atoms with Gasteiger partial charge in [-0.2, -0.15) is 0 Å². The first-order valence-electron chi connectivity index (χ1n) is 5.78. The largest absolute Gasteiger partial charge is 0.361 e. The third kappa shape index (κ3) is 2.79. The van der Waals surface area contributed by atoms with E-state index >= 15 is 0 Å². The van der Waals surface area contributed by atoms with Crippen LogP contribution in [0.1, 0.15) is 17.0 Å². The summed E-state index contributed by atoms with van der Waals surface area (Å²) < 4.78 is 31.8. The van der Waals surface area contributed by atoms with E-state index in [9.17, 15) is 8.42 Å². The Balaban J connectivity index is 2.24. The second-order valence-corrected chi connectivity index (χ2v) is 5.81. The first-order valence-corrected chi connectivity index (χ1v) is 7.27. The van der Waals surface area contributed by atoms with Crippen LogP contribution < -0.4 is 16.0 Å². The highest BCUT2D eigenvalue weighted by Gasteiger charge is 2.21. The van der Waals surface area contributed by atoms with Gasteiger partial charge in [-0.3, -0.25) is 5.84 Å². The lowest BCUT2D eigenvalue weighted by Crippen LogP contribution is -2.26. The average Bonchev–Trinajstić information content (AvgIpc) is 2.76. The number of nitrogens with one attached hydrogen (secondary N) is 2. The molecule has 0 aliphatic heterocycles. The minimum absolute atomic E-state index is 0.0735. The standard InChI is InChI=1S/C11H15N5O3S/c1-7-9(8(2)19-16-7)6-14-20(17,18)11-10(15-12)4-3-5-13-11/h3-5,14-15H,6,12H2,1-2H3. The van der Waals surface area contributed by atoms with Crippen molar-refractivity contribution in [2.75, 3.05) is 5.43 Å². The number of hydrogen-bond donors (Lipinski definition) is 3. The number of rotatable bonds is 5. The summed E-state index contributed by atoms with van der Waals surface area (Å²) in [5.41, 5.74) is 3.87. The van der Waals surface area contributed by atoms with E-state index in [2.05, 4.69) is 20.3 Å². The molecule has 0 radical (unpaired) electrons. The smallest absolute Gasteiger partial charge is 0.260 e. The molecule has 0 bridgehead atoms. The Hall–Kier alpha value is -1.97. The van der Waals surface area contributed by atoms with Gasteiger partial charge in [-0.1, -0.05) is 5.16 Å². The van der Waals surface area contributed by atoms with Crippen LogP contribution in [0, 0.1) is 13.8 Å².